The van der Waals surface area contributed by atoms with E-state index in [1.54, 1.807) is 13.0 Å². The molecule has 6 saturated carbocycles. The summed E-state index contributed by atoms with van der Waals surface area (Å²) in [6.45, 7) is 26.3. The van der Waals surface area contributed by atoms with E-state index in [2.05, 4.69) is 67.5 Å². The van der Waals surface area contributed by atoms with Gasteiger partial charge in [0.1, 0.15) is 0 Å². The second kappa shape index (κ2) is 12.9. The molecule has 360 valence electrons. The van der Waals surface area contributed by atoms with Crippen molar-refractivity contribution in [3.8, 4) is 11.5 Å². The third-order valence-corrected chi connectivity index (χ3v) is 23.9. The molecule has 14 atom stereocenters. The maximum atomic E-state index is 14.8. The Labute approximate surface area is 397 Å². The lowest BCUT2D eigenvalue weighted by molar-refractivity contribution is -0.231. The number of fused-ring (bicyclic) bond motifs is 17. The smallest absolute Gasteiger partial charge is 0.317 e. The van der Waals surface area contributed by atoms with Gasteiger partial charge in [-0.2, -0.15) is 0 Å². The molecule has 0 aromatic heterocycles. The number of hydrogen-bond acceptors (Lipinski definition) is 7. The predicted octanol–water partition coefficient (Wildman–Crippen LogP) is 12.0. The summed E-state index contributed by atoms with van der Waals surface area (Å²) in [6.07, 6.45) is 19.4. The van der Waals surface area contributed by atoms with Gasteiger partial charge in [0.15, 0.2) is 17.3 Å². The fourth-order valence-electron chi connectivity index (χ4n) is 18.4. The number of carboxylic acids is 2. The number of carbonyl (C=O) groups is 4. The summed E-state index contributed by atoms with van der Waals surface area (Å²) < 4.78 is 13.8. The Hall–Kier alpha value is -3.98. The third kappa shape index (κ3) is 5.07. The van der Waals surface area contributed by atoms with E-state index >= 15 is 0 Å². The molecule has 9 aliphatic carbocycles. The van der Waals surface area contributed by atoms with Crippen LogP contribution in [0.4, 0.5) is 0 Å². The van der Waals surface area contributed by atoms with Crippen LogP contribution < -0.4 is 9.47 Å². The molecule has 3 N–H and O–H groups in total. The van der Waals surface area contributed by atoms with Gasteiger partial charge < -0.3 is 24.8 Å². The number of rotatable bonds is 2. The highest BCUT2D eigenvalue weighted by Gasteiger charge is 2.72. The van der Waals surface area contributed by atoms with Gasteiger partial charge in [-0.3, -0.25) is 19.2 Å². The quantitative estimate of drug-likeness (QED) is 0.264. The topological polar surface area (TPSA) is 147 Å². The number of carboxylic acid groups (broad SMARTS) is 2. The van der Waals surface area contributed by atoms with Gasteiger partial charge in [0, 0.05) is 27.5 Å². The van der Waals surface area contributed by atoms with E-state index in [1.165, 1.54) is 5.57 Å². The lowest BCUT2D eigenvalue weighted by Gasteiger charge is -2.70. The molecule has 0 radical (unpaired) electrons. The van der Waals surface area contributed by atoms with E-state index in [1.807, 2.05) is 32.9 Å². The second-order valence-corrected chi connectivity index (χ2v) is 26.9. The van der Waals surface area contributed by atoms with Gasteiger partial charge in [-0.1, -0.05) is 73.1 Å². The Balaban J connectivity index is 0.988. The van der Waals surface area contributed by atoms with Crippen molar-refractivity contribution in [3.05, 3.63) is 69.4 Å². The highest BCUT2D eigenvalue weighted by Crippen LogP contribution is 2.78. The van der Waals surface area contributed by atoms with E-state index in [0.717, 1.165) is 80.9 Å². The zero-order valence-electron chi connectivity index (χ0n) is 42.2. The number of allylic oxidation sites excluding steroid dienone is 5. The molecule has 1 aromatic rings. The monoisotopic (exact) mass is 915 g/mol. The van der Waals surface area contributed by atoms with Crippen LogP contribution >= 0.6 is 0 Å². The largest absolute Gasteiger partial charge is 0.481 e. The number of aliphatic hydroxyl groups is 1. The van der Waals surface area contributed by atoms with E-state index in [4.69, 9.17) is 9.47 Å². The molecule has 6 fully saturated rings. The van der Waals surface area contributed by atoms with Crippen LogP contribution in [-0.4, -0.2) is 50.2 Å². The predicted molar refractivity (Wildman–Crippen MR) is 255 cm³/mol. The first-order chi connectivity index (χ1) is 30.9. The fraction of sp³-hybridized carbons (Fsp3) is 0.690. The summed E-state index contributed by atoms with van der Waals surface area (Å²) in [5, 5.41) is 33.6. The van der Waals surface area contributed by atoms with E-state index in [0.29, 0.717) is 48.1 Å². The highest BCUT2D eigenvalue weighted by atomic mass is 16.7. The maximum absolute atomic E-state index is 14.8. The van der Waals surface area contributed by atoms with Gasteiger partial charge in [-0.05, 0) is 197 Å². The molecule has 1 aromatic carbocycles. The summed E-state index contributed by atoms with van der Waals surface area (Å²) in [4.78, 5) is 55.0. The van der Waals surface area contributed by atoms with Crippen molar-refractivity contribution in [2.24, 2.45) is 60.6 Å². The average Bonchev–Trinajstić information content (AvgIpc) is 3.25. The van der Waals surface area contributed by atoms with Crippen LogP contribution in [-0.2, 0) is 19.8 Å². The zero-order valence-corrected chi connectivity index (χ0v) is 42.2. The number of hydrogen-bond donors (Lipinski definition) is 3. The van der Waals surface area contributed by atoms with Gasteiger partial charge in [-0.15, -0.1) is 0 Å². The fourth-order valence-corrected chi connectivity index (χ4v) is 18.4. The molecule has 11 rings (SSSR count). The second-order valence-electron chi connectivity index (χ2n) is 26.9. The molecule has 0 amide bonds. The lowest BCUT2D eigenvalue weighted by atomic mass is 9.34. The molecule has 0 spiro atoms. The highest BCUT2D eigenvalue weighted by molar-refractivity contribution is 6.10. The van der Waals surface area contributed by atoms with Gasteiger partial charge in [0.05, 0.1) is 10.8 Å². The molecule has 1 aliphatic heterocycles. The average molecular weight is 915 g/mol. The summed E-state index contributed by atoms with van der Waals surface area (Å²) in [5.74, 6) is -3.52. The van der Waals surface area contributed by atoms with Gasteiger partial charge in [0.2, 0.25) is 11.4 Å². The summed E-state index contributed by atoms with van der Waals surface area (Å²) >= 11 is 0. The molecule has 0 saturated heterocycles. The van der Waals surface area contributed by atoms with E-state index < -0.39 is 50.8 Å². The number of carbonyl (C=O) groups excluding carboxylic acids is 2. The molecular formula is C58H74O9. The first-order valence-corrected chi connectivity index (χ1v) is 25.6. The number of ketones is 2. The Kier molecular flexibility index (Phi) is 8.72. The SMILES string of the molecule is Cc1c2c(cc3c1C(=O)C=C1[C@@]3(C)CC[C@@]3(C)[C@H]4C[C@](C)(C(=O)O)CC[C@]4(C)CC[C@]13C)O[C@@]1(C)C3=CC=C4[C@@](C)(CC[C@@]5(C)[C@@H]6C[C@](C)(C(=O)O)CC[C@]6(C)CC[C@]45C)C3=CC(=O)[C@@]1(O)O2. The van der Waals surface area contributed by atoms with Crippen molar-refractivity contribution in [1.29, 1.82) is 0 Å². The number of aliphatic carboxylic acids is 2. The number of ether oxygens (including phenoxy) is 2. The molecule has 67 heavy (non-hydrogen) atoms. The van der Waals surface area contributed by atoms with Crippen LogP contribution in [0.2, 0.25) is 0 Å². The third-order valence-electron chi connectivity index (χ3n) is 23.9. The van der Waals surface area contributed by atoms with Gasteiger partial charge in [0.25, 0.3) is 0 Å². The molecule has 9 nitrogen and oxygen atoms in total. The summed E-state index contributed by atoms with van der Waals surface area (Å²) in [5.41, 5.74) is 0.705. The summed E-state index contributed by atoms with van der Waals surface area (Å²) in [6, 6.07) is 1.98. The van der Waals surface area contributed by atoms with Crippen LogP contribution in [0.25, 0.3) is 0 Å². The molecule has 10 aliphatic rings. The minimum atomic E-state index is -2.40. The minimum absolute atomic E-state index is 0.0268. The Morgan fingerprint density at radius 1 is 0.597 bits per heavy atom. The molecule has 9 heteroatoms. The normalized spacial score (nSPS) is 50.0. The Morgan fingerprint density at radius 3 is 1.64 bits per heavy atom. The zero-order chi connectivity index (χ0) is 48.5. The van der Waals surface area contributed by atoms with Crippen LogP contribution in [0.1, 0.15) is 188 Å². The maximum Gasteiger partial charge on any atom is 0.317 e. The first kappa shape index (κ1) is 45.5. The standard InChI is InChI=1S/C58H74O9/c1-32-43-35(52(7)22-26-56(11)41-31-50(5,46(63)64)18-16-48(41,3)20-24-54(56,9)39(52)29-36(43)59)27-37-44(32)67-58(65)42(60)28-34-33(57(58,12)66-37)13-14-38-51(34,6)21-25-55(10)40-30-49(4,45(61)62)17-15-47(40,2)19-23-53(38,55)8/h13-14,27-29,40-41,65H,15-26,30-31H2,1-12H3,(H,61,62)(H,63,64)/t40-,41+,47-,48-,49-,50-,51+,52+,53-,54-,55+,56+,57+,58-/m1/s1. The first-order valence-electron chi connectivity index (χ1n) is 25.6. The van der Waals surface area contributed by atoms with Crippen molar-refractivity contribution >= 4 is 23.5 Å². The van der Waals surface area contributed by atoms with Crippen molar-refractivity contribution in [1.82, 2.24) is 0 Å². The number of benzene rings is 1. The lowest BCUT2D eigenvalue weighted by Crippen LogP contribution is -2.70. The van der Waals surface area contributed by atoms with Crippen molar-refractivity contribution in [3.63, 3.8) is 0 Å². The summed E-state index contributed by atoms with van der Waals surface area (Å²) in [7, 11) is 0. The van der Waals surface area contributed by atoms with Gasteiger partial charge in [-0.25, -0.2) is 0 Å². The van der Waals surface area contributed by atoms with Crippen LogP contribution in [0.5, 0.6) is 11.5 Å². The molecule has 0 unspecified atom stereocenters. The Bertz CT molecular complexity index is 2690. The van der Waals surface area contributed by atoms with E-state index in [9.17, 15) is 34.5 Å². The van der Waals surface area contributed by atoms with Crippen molar-refractivity contribution < 1.29 is 44.0 Å². The Morgan fingerprint density at radius 2 is 1.10 bits per heavy atom. The molecule has 0 bridgehead atoms. The van der Waals surface area contributed by atoms with Crippen molar-refractivity contribution in [2.45, 2.75) is 190 Å². The minimum Gasteiger partial charge on any atom is -0.481 e. The van der Waals surface area contributed by atoms with Crippen LogP contribution in [0.3, 0.4) is 0 Å². The van der Waals surface area contributed by atoms with Gasteiger partial charge >= 0.3 is 17.7 Å². The van der Waals surface area contributed by atoms with Crippen LogP contribution in [0, 0.1) is 67.5 Å². The van der Waals surface area contributed by atoms with Crippen LogP contribution in [0.15, 0.2) is 52.7 Å². The van der Waals surface area contributed by atoms with E-state index in [-0.39, 0.29) is 55.9 Å². The molecule has 1 heterocycles. The molecular weight excluding hydrogens is 841 g/mol. The van der Waals surface area contributed by atoms with Crippen molar-refractivity contribution in [2.75, 3.05) is 0 Å².